The predicted molar refractivity (Wildman–Crippen MR) is 140 cm³/mol. The lowest BCUT2D eigenvalue weighted by atomic mass is 9.71. The van der Waals surface area contributed by atoms with E-state index in [0.717, 1.165) is 11.3 Å². The number of ketones is 1. The van der Waals surface area contributed by atoms with E-state index in [-0.39, 0.29) is 37.1 Å². The maximum absolute atomic E-state index is 13.8. The highest BCUT2D eigenvalue weighted by atomic mass is 16.6. The number of Topliss-reactive ketones (excluding diaryl/α,β-unsaturated/α-hetero) is 1. The molecule has 0 radical (unpaired) electrons. The zero-order valence-corrected chi connectivity index (χ0v) is 22.3. The molecule has 0 aromatic heterocycles. The topological polar surface area (TPSA) is 113 Å². The van der Waals surface area contributed by atoms with Crippen molar-refractivity contribution in [1.29, 1.82) is 0 Å². The number of methoxy groups -OCH3 is 4. The molecule has 9 heteroatoms. The lowest BCUT2D eigenvalue weighted by Crippen LogP contribution is -2.36. The van der Waals surface area contributed by atoms with Gasteiger partial charge in [-0.1, -0.05) is 12.1 Å². The number of phenols is 1. The van der Waals surface area contributed by atoms with Crippen molar-refractivity contribution in [2.45, 2.75) is 31.6 Å². The third kappa shape index (κ3) is 5.19. The molecule has 0 fully saturated rings. The summed E-state index contributed by atoms with van der Waals surface area (Å²) < 4.78 is 26.5. The maximum atomic E-state index is 13.8. The highest BCUT2D eigenvalue weighted by molar-refractivity contribution is 6.04. The molecule has 1 heterocycles. The second-order valence-corrected chi connectivity index (χ2v) is 9.19. The number of ether oxygens (including phenoxy) is 5. The fraction of sp³-hybridized carbons (Fsp3) is 0.379. The van der Waals surface area contributed by atoms with Gasteiger partial charge in [-0.25, -0.2) is 4.79 Å². The van der Waals surface area contributed by atoms with Gasteiger partial charge in [0.2, 0.25) is 0 Å². The number of hydrogen-bond donors (Lipinski definition) is 2. The summed E-state index contributed by atoms with van der Waals surface area (Å²) in [4.78, 5) is 27.0. The number of benzene rings is 2. The summed E-state index contributed by atoms with van der Waals surface area (Å²) in [5, 5.41) is 13.8. The van der Waals surface area contributed by atoms with Crippen molar-refractivity contribution in [3.05, 3.63) is 70.1 Å². The molecule has 2 aromatic carbocycles. The number of hydrogen-bond acceptors (Lipinski definition) is 9. The highest BCUT2D eigenvalue weighted by Gasteiger charge is 2.41. The van der Waals surface area contributed by atoms with Crippen LogP contribution >= 0.6 is 0 Å². The van der Waals surface area contributed by atoms with Crippen LogP contribution in [-0.4, -0.2) is 58.5 Å². The minimum Gasteiger partial charge on any atom is -0.504 e. The molecule has 0 bridgehead atoms. The van der Waals surface area contributed by atoms with Gasteiger partial charge < -0.3 is 34.1 Å². The zero-order chi connectivity index (χ0) is 27.4. The Morgan fingerprint density at radius 2 is 1.61 bits per heavy atom. The Morgan fingerprint density at radius 1 is 0.921 bits per heavy atom. The standard InChI is InChI=1S/C29H33NO8/c1-16-26(29(33)38-11-10-34-2)27(18-7-8-23(35-3)21(31)13-18)28-20(30-16)12-19(14-22(28)32)17-6-9-24(36-4)25(15-17)37-5/h6-9,13,15,19,27,30-31H,10-12,14H2,1-5H3. The van der Waals surface area contributed by atoms with Crippen LogP contribution in [0.2, 0.25) is 0 Å². The van der Waals surface area contributed by atoms with E-state index < -0.39 is 11.9 Å². The van der Waals surface area contributed by atoms with E-state index in [1.165, 1.54) is 20.3 Å². The average Bonchev–Trinajstić information content (AvgIpc) is 2.91. The Balaban J connectivity index is 1.76. The van der Waals surface area contributed by atoms with Crippen LogP contribution in [0.15, 0.2) is 58.9 Å². The van der Waals surface area contributed by atoms with Crippen LogP contribution in [0.1, 0.15) is 42.7 Å². The van der Waals surface area contributed by atoms with Crippen molar-refractivity contribution in [3.8, 4) is 23.0 Å². The number of aromatic hydroxyl groups is 1. The van der Waals surface area contributed by atoms with Gasteiger partial charge in [-0.15, -0.1) is 0 Å². The third-order valence-electron chi connectivity index (χ3n) is 6.98. The summed E-state index contributed by atoms with van der Waals surface area (Å²) >= 11 is 0. The first-order valence-corrected chi connectivity index (χ1v) is 12.3. The van der Waals surface area contributed by atoms with Gasteiger partial charge in [-0.05, 0) is 54.7 Å². The summed E-state index contributed by atoms with van der Waals surface area (Å²) in [6.07, 6.45) is 0.804. The largest absolute Gasteiger partial charge is 0.504 e. The Hall–Kier alpha value is -3.98. The normalized spacial score (nSPS) is 19.0. The molecule has 0 saturated carbocycles. The van der Waals surface area contributed by atoms with Crippen LogP contribution in [0.3, 0.4) is 0 Å². The van der Waals surface area contributed by atoms with Crippen molar-refractivity contribution >= 4 is 11.8 Å². The third-order valence-corrected chi connectivity index (χ3v) is 6.98. The number of carbonyl (C=O) groups is 2. The number of phenolic OH excluding ortho intramolecular Hbond substituents is 1. The van der Waals surface area contributed by atoms with Crippen molar-refractivity contribution in [3.63, 3.8) is 0 Å². The molecular formula is C29H33NO8. The van der Waals surface area contributed by atoms with Crippen LogP contribution < -0.4 is 19.5 Å². The van der Waals surface area contributed by atoms with E-state index in [1.54, 1.807) is 33.3 Å². The number of rotatable bonds is 9. The molecule has 38 heavy (non-hydrogen) atoms. The van der Waals surface area contributed by atoms with Crippen LogP contribution in [0.5, 0.6) is 23.0 Å². The molecule has 0 spiro atoms. The number of nitrogens with one attached hydrogen (secondary N) is 1. The molecule has 2 unspecified atom stereocenters. The van der Waals surface area contributed by atoms with Gasteiger partial charge in [0.1, 0.15) is 6.61 Å². The van der Waals surface area contributed by atoms with Crippen molar-refractivity contribution < 1.29 is 38.4 Å². The van der Waals surface area contributed by atoms with Crippen LogP contribution in [0, 0.1) is 0 Å². The minimum atomic E-state index is -0.711. The van der Waals surface area contributed by atoms with E-state index >= 15 is 0 Å². The molecule has 9 nitrogen and oxygen atoms in total. The number of allylic oxidation sites excluding steroid dienone is 3. The van der Waals surface area contributed by atoms with Crippen LogP contribution in [-0.2, 0) is 19.1 Å². The second-order valence-electron chi connectivity index (χ2n) is 9.19. The summed E-state index contributed by atoms with van der Waals surface area (Å²) in [6, 6.07) is 10.6. The molecule has 2 aromatic rings. The first kappa shape index (κ1) is 27.1. The van der Waals surface area contributed by atoms with Gasteiger partial charge in [-0.3, -0.25) is 4.79 Å². The molecule has 202 valence electrons. The molecule has 1 aliphatic carbocycles. The fourth-order valence-corrected chi connectivity index (χ4v) is 5.17. The van der Waals surface area contributed by atoms with Gasteiger partial charge in [-0.2, -0.15) is 0 Å². The lowest BCUT2D eigenvalue weighted by Gasteiger charge is -2.36. The Morgan fingerprint density at radius 3 is 2.26 bits per heavy atom. The Labute approximate surface area is 222 Å². The first-order chi connectivity index (χ1) is 18.3. The van der Waals surface area contributed by atoms with Crippen LogP contribution in [0.25, 0.3) is 0 Å². The van der Waals surface area contributed by atoms with E-state index in [1.807, 2.05) is 18.2 Å². The van der Waals surface area contributed by atoms with E-state index in [4.69, 9.17) is 23.7 Å². The Kier molecular flexibility index (Phi) is 8.26. The maximum Gasteiger partial charge on any atom is 0.336 e. The fourth-order valence-electron chi connectivity index (χ4n) is 5.17. The molecular weight excluding hydrogens is 490 g/mol. The number of carbonyl (C=O) groups excluding carboxylic acids is 2. The summed E-state index contributed by atoms with van der Waals surface area (Å²) in [7, 11) is 6.14. The van der Waals surface area contributed by atoms with Crippen molar-refractivity contribution in [2.75, 3.05) is 41.7 Å². The smallest absolute Gasteiger partial charge is 0.336 e. The zero-order valence-electron chi connectivity index (χ0n) is 22.3. The monoisotopic (exact) mass is 523 g/mol. The Bertz CT molecular complexity index is 1300. The average molecular weight is 524 g/mol. The summed E-state index contributed by atoms with van der Waals surface area (Å²) in [5.41, 5.74) is 3.69. The summed E-state index contributed by atoms with van der Waals surface area (Å²) in [6.45, 7) is 2.12. The molecule has 0 saturated heterocycles. The summed E-state index contributed by atoms with van der Waals surface area (Å²) in [5.74, 6) is -0.0191. The van der Waals surface area contributed by atoms with Gasteiger partial charge in [0, 0.05) is 36.4 Å². The van der Waals surface area contributed by atoms with Crippen molar-refractivity contribution in [2.24, 2.45) is 0 Å². The SMILES string of the molecule is COCCOC(=O)C1=C(C)NC2=C(C(=O)CC(c3ccc(OC)c(OC)c3)C2)C1c1ccc(OC)c(O)c1. The lowest BCUT2D eigenvalue weighted by molar-refractivity contribution is -0.140. The molecule has 2 atom stereocenters. The quantitative estimate of drug-likeness (QED) is 0.372. The van der Waals surface area contributed by atoms with Crippen molar-refractivity contribution in [1.82, 2.24) is 5.32 Å². The first-order valence-electron chi connectivity index (χ1n) is 12.3. The molecule has 1 aliphatic heterocycles. The molecule has 2 aliphatic rings. The molecule has 2 N–H and O–H groups in total. The van der Waals surface area contributed by atoms with Gasteiger partial charge in [0.25, 0.3) is 0 Å². The predicted octanol–water partition coefficient (Wildman–Crippen LogP) is 3.97. The van der Waals surface area contributed by atoms with E-state index in [2.05, 4.69) is 5.32 Å². The van der Waals surface area contributed by atoms with Gasteiger partial charge in [0.05, 0.1) is 33.5 Å². The van der Waals surface area contributed by atoms with Crippen LogP contribution in [0.4, 0.5) is 0 Å². The molecule has 0 amide bonds. The van der Waals surface area contributed by atoms with E-state index in [9.17, 15) is 14.7 Å². The van der Waals surface area contributed by atoms with E-state index in [0.29, 0.717) is 46.1 Å². The number of esters is 1. The van der Waals surface area contributed by atoms with Gasteiger partial charge >= 0.3 is 5.97 Å². The highest BCUT2D eigenvalue weighted by Crippen LogP contribution is 2.47. The molecule has 4 rings (SSSR count). The minimum absolute atomic E-state index is 0.0773. The number of dihydropyridines is 1. The second kappa shape index (κ2) is 11.6. The van der Waals surface area contributed by atoms with Gasteiger partial charge in [0.15, 0.2) is 28.8 Å².